The summed E-state index contributed by atoms with van der Waals surface area (Å²) in [6.45, 7) is 0. The summed E-state index contributed by atoms with van der Waals surface area (Å²) >= 11 is 0. The number of aromatic hydroxyl groups is 1. The second-order valence-electron chi connectivity index (χ2n) is 3.30. The standard InChI is InChI=1S/C10H7BN2O4/c1-17-10(16)7-8(14)9(15)13-4-5(11)2-3-6(13)12-7/h2-4,14H,1H3. The van der Waals surface area contributed by atoms with Crippen molar-refractivity contribution in [2.75, 3.05) is 7.11 Å². The fourth-order valence-electron chi connectivity index (χ4n) is 1.38. The van der Waals surface area contributed by atoms with E-state index in [9.17, 15) is 14.7 Å². The van der Waals surface area contributed by atoms with Crippen LogP contribution in [0.4, 0.5) is 0 Å². The van der Waals surface area contributed by atoms with E-state index >= 15 is 0 Å². The van der Waals surface area contributed by atoms with Crippen LogP contribution in [0.5, 0.6) is 5.75 Å². The van der Waals surface area contributed by atoms with E-state index in [4.69, 9.17) is 7.85 Å². The number of aromatic nitrogens is 2. The molecular weight excluding hydrogens is 223 g/mol. The number of methoxy groups -OCH3 is 1. The van der Waals surface area contributed by atoms with E-state index in [0.29, 0.717) is 5.46 Å². The zero-order chi connectivity index (χ0) is 12.6. The maximum absolute atomic E-state index is 11.7. The summed E-state index contributed by atoms with van der Waals surface area (Å²) in [6.07, 6.45) is 1.31. The lowest BCUT2D eigenvalue weighted by molar-refractivity contribution is 0.0590. The van der Waals surface area contributed by atoms with Crippen molar-refractivity contribution >= 4 is 24.9 Å². The van der Waals surface area contributed by atoms with Gasteiger partial charge < -0.3 is 9.84 Å². The summed E-state index contributed by atoms with van der Waals surface area (Å²) in [5.41, 5.74) is -0.654. The molecule has 2 radical (unpaired) electrons. The highest BCUT2D eigenvalue weighted by Gasteiger charge is 2.18. The Morgan fingerprint density at radius 3 is 2.88 bits per heavy atom. The van der Waals surface area contributed by atoms with Gasteiger partial charge in [-0.05, 0) is 6.07 Å². The Balaban J connectivity index is 2.84. The van der Waals surface area contributed by atoms with Crippen LogP contribution in [-0.4, -0.2) is 35.4 Å². The number of nitrogens with zero attached hydrogens (tertiary/aromatic N) is 2. The molecule has 0 unspecified atom stereocenters. The van der Waals surface area contributed by atoms with E-state index in [1.807, 2.05) is 0 Å². The van der Waals surface area contributed by atoms with Gasteiger partial charge in [-0.2, -0.15) is 0 Å². The molecule has 0 atom stereocenters. The maximum atomic E-state index is 11.7. The van der Waals surface area contributed by atoms with Crippen LogP contribution in [0.2, 0.25) is 0 Å². The van der Waals surface area contributed by atoms with Crippen LogP contribution in [0.1, 0.15) is 10.5 Å². The lowest BCUT2D eigenvalue weighted by Gasteiger charge is -2.05. The van der Waals surface area contributed by atoms with Gasteiger partial charge in [-0.25, -0.2) is 9.78 Å². The van der Waals surface area contributed by atoms with Crippen molar-refractivity contribution in [2.24, 2.45) is 0 Å². The molecule has 0 saturated heterocycles. The van der Waals surface area contributed by atoms with Gasteiger partial charge in [0.15, 0.2) is 5.69 Å². The monoisotopic (exact) mass is 230 g/mol. The number of carbonyl (C=O) groups is 1. The molecule has 2 aromatic rings. The number of pyridine rings is 1. The molecule has 2 heterocycles. The van der Waals surface area contributed by atoms with Crippen molar-refractivity contribution in [1.29, 1.82) is 0 Å². The molecule has 0 saturated carbocycles. The maximum Gasteiger partial charge on any atom is 0.360 e. The Morgan fingerprint density at radius 2 is 2.24 bits per heavy atom. The summed E-state index contributed by atoms with van der Waals surface area (Å²) in [4.78, 5) is 26.8. The first-order valence-electron chi connectivity index (χ1n) is 4.63. The number of hydrogen-bond donors (Lipinski definition) is 1. The molecule has 0 amide bonds. The fourth-order valence-corrected chi connectivity index (χ4v) is 1.38. The highest BCUT2D eigenvalue weighted by Crippen LogP contribution is 2.10. The lowest BCUT2D eigenvalue weighted by Crippen LogP contribution is -2.22. The molecule has 0 aliphatic heterocycles. The van der Waals surface area contributed by atoms with Crippen LogP contribution < -0.4 is 11.0 Å². The molecule has 17 heavy (non-hydrogen) atoms. The van der Waals surface area contributed by atoms with Crippen molar-refractivity contribution in [3.8, 4) is 5.75 Å². The van der Waals surface area contributed by atoms with Gasteiger partial charge in [0.1, 0.15) is 13.5 Å². The number of fused-ring (bicyclic) bond motifs is 1. The SMILES string of the molecule is [B]c1ccc2nc(C(=O)OC)c(O)c(=O)n2c1. The number of carbonyl (C=O) groups excluding carboxylic acids is 1. The average molecular weight is 230 g/mol. The predicted molar refractivity (Wildman–Crippen MR) is 59.9 cm³/mol. The van der Waals surface area contributed by atoms with Crippen LogP contribution in [-0.2, 0) is 4.74 Å². The Hall–Kier alpha value is -2.31. The van der Waals surface area contributed by atoms with Crippen molar-refractivity contribution in [1.82, 2.24) is 9.38 Å². The van der Waals surface area contributed by atoms with Gasteiger partial charge in [-0.15, -0.1) is 0 Å². The zero-order valence-corrected chi connectivity index (χ0v) is 8.88. The van der Waals surface area contributed by atoms with Crippen LogP contribution in [0, 0.1) is 0 Å². The number of ether oxygens (including phenoxy) is 1. The molecule has 84 valence electrons. The minimum atomic E-state index is -0.876. The highest BCUT2D eigenvalue weighted by molar-refractivity contribution is 6.32. The Morgan fingerprint density at radius 1 is 1.53 bits per heavy atom. The topological polar surface area (TPSA) is 80.9 Å². The Kier molecular flexibility index (Phi) is 2.59. The van der Waals surface area contributed by atoms with Gasteiger partial charge in [-0.1, -0.05) is 11.5 Å². The van der Waals surface area contributed by atoms with Crippen molar-refractivity contribution in [3.63, 3.8) is 0 Å². The first kappa shape index (κ1) is 11.2. The quantitative estimate of drug-likeness (QED) is 0.501. The first-order chi connectivity index (χ1) is 8.04. The second-order valence-corrected chi connectivity index (χ2v) is 3.30. The smallest absolute Gasteiger partial charge is 0.360 e. The molecule has 0 bridgehead atoms. The summed E-state index contributed by atoms with van der Waals surface area (Å²) in [5, 5.41) is 9.55. The van der Waals surface area contributed by atoms with Crippen LogP contribution in [0.25, 0.3) is 5.65 Å². The highest BCUT2D eigenvalue weighted by atomic mass is 16.5. The Labute approximate surface area is 96.9 Å². The third kappa shape index (κ3) is 1.75. The van der Waals surface area contributed by atoms with Crippen LogP contribution in [0.15, 0.2) is 23.1 Å². The van der Waals surface area contributed by atoms with Crippen LogP contribution >= 0.6 is 0 Å². The third-order valence-electron chi connectivity index (χ3n) is 2.20. The first-order valence-corrected chi connectivity index (χ1v) is 4.63. The lowest BCUT2D eigenvalue weighted by atomic mass is 9.99. The number of hydrogen-bond acceptors (Lipinski definition) is 5. The molecule has 1 N–H and O–H groups in total. The fraction of sp³-hybridized carbons (Fsp3) is 0.100. The van der Waals surface area contributed by atoms with E-state index in [2.05, 4.69) is 9.72 Å². The molecule has 7 heteroatoms. The van der Waals surface area contributed by atoms with Gasteiger partial charge in [0.05, 0.1) is 7.11 Å². The van der Waals surface area contributed by atoms with Crippen molar-refractivity contribution < 1.29 is 14.6 Å². The van der Waals surface area contributed by atoms with Crippen molar-refractivity contribution in [3.05, 3.63) is 34.4 Å². The zero-order valence-electron chi connectivity index (χ0n) is 8.88. The number of esters is 1. The summed E-state index contributed by atoms with van der Waals surface area (Å²) < 4.78 is 5.46. The number of rotatable bonds is 1. The molecule has 0 aromatic carbocycles. The minimum absolute atomic E-state index is 0.197. The van der Waals surface area contributed by atoms with Crippen LogP contribution in [0.3, 0.4) is 0 Å². The molecule has 6 nitrogen and oxygen atoms in total. The molecular formula is C10H7BN2O4. The van der Waals surface area contributed by atoms with Gasteiger partial charge >= 0.3 is 11.5 Å². The van der Waals surface area contributed by atoms with Gasteiger partial charge in [0.25, 0.3) is 0 Å². The summed E-state index contributed by atoms with van der Waals surface area (Å²) in [7, 11) is 6.64. The molecule has 0 aliphatic carbocycles. The van der Waals surface area contributed by atoms with E-state index in [1.54, 1.807) is 0 Å². The van der Waals surface area contributed by atoms with E-state index in [0.717, 1.165) is 11.5 Å². The van der Waals surface area contributed by atoms with Crippen molar-refractivity contribution in [2.45, 2.75) is 0 Å². The molecule has 0 fully saturated rings. The third-order valence-corrected chi connectivity index (χ3v) is 2.20. The summed E-state index contributed by atoms with van der Waals surface area (Å²) in [5.74, 6) is -1.64. The van der Waals surface area contributed by atoms with Gasteiger partial charge in [0.2, 0.25) is 5.75 Å². The van der Waals surface area contributed by atoms with E-state index in [1.165, 1.54) is 18.3 Å². The molecule has 2 rings (SSSR count). The predicted octanol–water partition coefficient (Wildman–Crippen LogP) is -1.02. The Bertz CT molecular complexity index is 665. The van der Waals surface area contributed by atoms with E-state index in [-0.39, 0.29) is 5.65 Å². The van der Waals surface area contributed by atoms with E-state index < -0.39 is 23.0 Å². The van der Waals surface area contributed by atoms with Gasteiger partial charge in [-0.3, -0.25) is 9.20 Å². The largest absolute Gasteiger partial charge is 0.501 e. The minimum Gasteiger partial charge on any atom is -0.501 e. The summed E-state index contributed by atoms with van der Waals surface area (Å²) in [6, 6.07) is 2.99. The molecule has 0 spiro atoms. The normalized spacial score (nSPS) is 10.4. The average Bonchev–Trinajstić information content (AvgIpc) is 2.33. The molecule has 0 aliphatic rings. The second kappa shape index (κ2) is 3.93. The van der Waals surface area contributed by atoms with Gasteiger partial charge in [0, 0.05) is 6.20 Å². The molecule has 2 aromatic heterocycles.